The SMILES string of the molecule is CCN(CC)CCCCCc1ccc2sccc2c1.O=C(O)C(=O)O. The van der Waals surface area contributed by atoms with Gasteiger partial charge in [-0.05, 0) is 67.4 Å². The molecule has 0 bridgehead atoms. The lowest BCUT2D eigenvalue weighted by atomic mass is 10.1. The average Bonchev–Trinajstić information content (AvgIpc) is 3.06. The van der Waals surface area contributed by atoms with E-state index in [1.165, 1.54) is 61.0 Å². The van der Waals surface area contributed by atoms with Crippen molar-refractivity contribution in [3.05, 3.63) is 35.2 Å². The molecule has 0 amide bonds. The van der Waals surface area contributed by atoms with Crippen LogP contribution in [0, 0.1) is 0 Å². The van der Waals surface area contributed by atoms with Gasteiger partial charge in [0.15, 0.2) is 0 Å². The lowest BCUT2D eigenvalue weighted by Gasteiger charge is -2.17. The number of aryl methyl sites for hydroxylation is 1. The van der Waals surface area contributed by atoms with Crippen LogP contribution in [0.1, 0.15) is 38.7 Å². The van der Waals surface area contributed by atoms with Gasteiger partial charge >= 0.3 is 11.9 Å². The van der Waals surface area contributed by atoms with Crippen LogP contribution in [0.3, 0.4) is 0 Å². The predicted molar refractivity (Wildman–Crippen MR) is 102 cm³/mol. The van der Waals surface area contributed by atoms with Crippen molar-refractivity contribution in [2.24, 2.45) is 0 Å². The smallest absolute Gasteiger partial charge is 0.414 e. The Balaban J connectivity index is 0.000000450. The number of carboxylic acid groups (broad SMARTS) is 2. The summed E-state index contributed by atoms with van der Waals surface area (Å²) in [5.74, 6) is -3.65. The molecule has 0 fully saturated rings. The van der Waals surface area contributed by atoms with Gasteiger partial charge in [0.25, 0.3) is 0 Å². The summed E-state index contributed by atoms with van der Waals surface area (Å²) < 4.78 is 1.41. The van der Waals surface area contributed by atoms with Crippen LogP contribution in [0.5, 0.6) is 0 Å². The second-order valence-electron chi connectivity index (χ2n) is 5.74. The number of fused-ring (bicyclic) bond motifs is 1. The second-order valence-corrected chi connectivity index (χ2v) is 6.69. The van der Waals surface area contributed by atoms with Gasteiger partial charge in [-0.3, -0.25) is 0 Å². The molecule has 138 valence electrons. The molecular formula is C19H27NO4S. The monoisotopic (exact) mass is 365 g/mol. The normalized spacial score (nSPS) is 10.5. The molecule has 5 nitrogen and oxygen atoms in total. The van der Waals surface area contributed by atoms with Crippen molar-refractivity contribution in [2.75, 3.05) is 19.6 Å². The van der Waals surface area contributed by atoms with E-state index in [-0.39, 0.29) is 0 Å². The van der Waals surface area contributed by atoms with Crippen LogP contribution in [-0.4, -0.2) is 46.7 Å². The van der Waals surface area contributed by atoms with Crippen LogP contribution in [0.2, 0.25) is 0 Å². The zero-order chi connectivity index (χ0) is 18.7. The van der Waals surface area contributed by atoms with Gasteiger partial charge in [0.1, 0.15) is 0 Å². The van der Waals surface area contributed by atoms with Crippen LogP contribution in [0.4, 0.5) is 0 Å². The van der Waals surface area contributed by atoms with E-state index in [4.69, 9.17) is 19.8 Å². The van der Waals surface area contributed by atoms with Crippen molar-refractivity contribution in [3.8, 4) is 0 Å². The quantitative estimate of drug-likeness (QED) is 0.544. The van der Waals surface area contributed by atoms with Gasteiger partial charge in [-0.15, -0.1) is 11.3 Å². The molecular weight excluding hydrogens is 338 g/mol. The third-order valence-corrected chi connectivity index (χ3v) is 4.93. The largest absolute Gasteiger partial charge is 0.473 e. The standard InChI is InChI=1S/C17H25NS.C2H2O4/c1-3-18(4-2)12-7-5-6-8-15-9-10-17-16(14-15)11-13-19-17;3-1(4)2(5)6/h9-11,13-14H,3-8,12H2,1-2H3;(H,3,4)(H,5,6). The Morgan fingerprint density at radius 1 is 1.00 bits per heavy atom. The Kier molecular flexibility index (Phi) is 9.80. The van der Waals surface area contributed by atoms with Crippen LogP contribution in [0.15, 0.2) is 29.6 Å². The molecule has 1 aromatic carbocycles. The molecule has 0 radical (unpaired) electrons. The van der Waals surface area contributed by atoms with E-state index in [0.717, 1.165) is 0 Å². The molecule has 0 atom stereocenters. The number of nitrogens with zero attached hydrogens (tertiary/aromatic N) is 1. The number of rotatable bonds is 8. The van der Waals surface area contributed by atoms with Crippen molar-refractivity contribution in [3.63, 3.8) is 0 Å². The fourth-order valence-electron chi connectivity index (χ4n) is 2.55. The molecule has 0 spiro atoms. The number of hydrogen-bond acceptors (Lipinski definition) is 4. The highest BCUT2D eigenvalue weighted by Crippen LogP contribution is 2.22. The summed E-state index contributed by atoms with van der Waals surface area (Å²) >= 11 is 1.83. The molecule has 25 heavy (non-hydrogen) atoms. The van der Waals surface area contributed by atoms with Crippen molar-refractivity contribution in [1.29, 1.82) is 0 Å². The summed E-state index contributed by atoms with van der Waals surface area (Å²) in [4.78, 5) is 20.7. The summed E-state index contributed by atoms with van der Waals surface area (Å²) in [7, 11) is 0. The van der Waals surface area contributed by atoms with E-state index in [9.17, 15) is 0 Å². The maximum atomic E-state index is 9.10. The highest BCUT2D eigenvalue weighted by Gasteiger charge is 2.04. The number of benzene rings is 1. The Bertz CT molecular complexity index is 652. The van der Waals surface area contributed by atoms with E-state index in [0.29, 0.717) is 0 Å². The van der Waals surface area contributed by atoms with Crippen LogP contribution in [0.25, 0.3) is 10.1 Å². The molecule has 6 heteroatoms. The van der Waals surface area contributed by atoms with E-state index < -0.39 is 11.9 Å². The lowest BCUT2D eigenvalue weighted by molar-refractivity contribution is -0.159. The maximum Gasteiger partial charge on any atom is 0.414 e. The molecule has 0 aliphatic carbocycles. The topological polar surface area (TPSA) is 77.8 Å². The fraction of sp³-hybridized carbons (Fsp3) is 0.474. The van der Waals surface area contributed by atoms with Crippen LogP contribution >= 0.6 is 11.3 Å². The first kappa shape index (κ1) is 21.1. The molecule has 1 aromatic heterocycles. The zero-order valence-corrected chi connectivity index (χ0v) is 15.7. The summed E-state index contributed by atoms with van der Waals surface area (Å²) in [6.45, 7) is 8.13. The van der Waals surface area contributed by atoms with Gasteiger partial charge in [-0.2, -0.15) is 0 Å². The third kappa shape index (κ3) is 8.14. The molecule has 0 aliphatic heterocycles. The van der Waals surface area contributed by atoms with E-state index >= 15 is 0 Å². The summed E-state index contributed by atoms with van der Waals surface area (Å²) in [5, 5.41) is 18.4. The van der Waals surface area contributed by atoms with E-state index in [1.54, 1.807) is 0 Å². The van der Waals surface area contributed by atoms with Gasteiger partial charge < -0.3 is 15.1 Å². The number of carboxylic acids is 2. The Morgan fingerprint density at radius 3 is 2.28 bits per heavy atom. The summed E-state index contributed by atoms with van der Waals surface area (Å²) in [6, 6.07) is 9.15. The van der Waals surface area contributed by atoms with Crippen molar-refractivity contribution < 1.29 is 19.8 Å². The highest BCUT2D eigenvalue weighted by molar-refractivity contribution is 7.17. The molecule has 2 N–H and O–H groups in total. The van der Waals surface area contributed by atoms with E-state index in [1.807, 2.05) is 11.3 Å². The Labute approximate surface area is 152 Å². The third-order valence-electron chi connectivity index (χ3n) is 4.03. The molecule has 1 heterocycles. The Hall–Kier alpha value is -1.92. The maximum absolute atomic E-state index is 9.10. The predicted octanol–water partition coefficient (Wildman–Crippen LogP) is 4.11. The minimum Gasteiger partial charge on any atom is -0.473 e. The molecule has 2 aromatic rings. The number of unbranched alkanes of at least 4 members (excludes halogenated alkanes) is 2. The molecule has 0 saturated heterocycles. The molecule has 0 unspecified atom stereocenters. The number of aliphatic carboxylic acids is 2. The van der Waals surface area contributed by atoms with Crippen molar-refractivity contribution in [2.45, 2.75) is 39.5 Å². The first-order valence-corrected chi connectivity index (χ1v) is 9.50. The number of thiophene rings is 1. The van der Waals surface area contributed by atoms with Gasteiger partial charge in [-0.25, -0.2) is 9.59 Å². The fourth-order valence-corrected chi connectivity index (χ4v) is 3.32. The number of hydrogen-bond donors (Lipinski definition) is 2. The minimum absolute atomic E-state index is 1.19. The first-order valence-electron chi connectivity index (χ1n) is 8.62. The minimum atomic E-state index is -1.82. The zero-order valence-electron chi connectivity index (χ0n) is 14.9. The summed E-state index contributed by atoms with van der Waals surface area (Å²) in [6.07, 6.45) is 5.22. The molecule has 0 aliphatic rings. The van der Waals surface area contributed by atoms with Crippen LogP contribution < -0.4 is 0 Å². The second kappa shape index (κ2) is 11.6. The Morgan fingerprint density at radius 2 is 1.68 bits per heavy atom. The van der Waals surface area contributed by atoms with Crippen LogP contribution in [-0.2, 0) is 16.0 Å². The first-order chi connectivity index (χ1) is 12.0. The van der Waals surface area contributed by atoms with Gasteiger partial charge in [0.2, 0.25) is 0 Å². The molecule has 2 rings (SSSR count). The highest BCUT2D eigenvalue weighted by atomic mass is 32.1. The number of carbonyl (C=O) groups is 2. The lowest BCUT2D eigenvalue weighted by Crippen LogP contribution is -2.23. The van der Waals surface area contributed by atoms with Crippen molar-refractivity contribution >= 4 is 33.4 Å². The van der Waals surface area contributed by atoms with Gasteiger partial charge in [0, 0.05) is 4.70 Å². The average molecular weight is 365 g/mol. The summed E-state index contributed by atoms with van der Waals surface area (Å²) in [5.41, 5.74) is 1.49. The van der Waals surface area contributed by atoms with Gasteiger partial charge in [0.05, 0.1) is 0 Å². The molecule has 0 saturated carbocycles. The van der Waals surface area contributed by atoms with Gasteiger partial charge in [-0.1, -0.05) is 32.4 Å². The van der Waals surface area contributed by atoms with E-state index in [2.05, 4.69) is 48.4 Å². The van der Waals surface area contributed by atoms with Crippen molar-refractivity contribution in [1.82, 2.24) is 4.90 Å².